The van der Waals surface area contributed by atoms with Gasteiger partial charge in [-0.3, -0.25) is 0 Å². The Morgan fingerprint density at radius 1 is 0.978 bits per heavy atom. The number of rotatable bonds is 11. The summed E-state index contributed by atoms with van der Waals surface area (Å²) < 4.78 is 43.7. The molecule has 0 aliphatic carbocycles. The van der Waals surface area contributed by atoms with E-state index < -0.39 is 15.9 Å². The van der Waals surface area contributed by atoms with Gasteiger partial charge in [-0.25, -0.2) is 8.42 Å². The Bertz CT molecular complexity index is 1930. The van der Waals surface area contributed by atoms with Gasteiger partial charge < -0.3 is 14.2 Å². The average molecular weight is 641 g/mol. The molecule has 0 amide bonds. The summed E-state index contributed by atoms with van der Waals surface area (Å²) in [5, 5.41) is 1.21. The third-order valence-electron chi connectivity index (χ3n) is 8.13. The molecule has 0 saturated carbocycles. The number of nitrogens with zero attached hydrogens (tertiary/aromatic N) is 2. The van der Waals surface area contributed by atoms with E-state index >= 15 is 0 Å². The molecule has 45 heavy (non-hydrogen) atoms. The maximum atomic E-state index is 11.3. The van der Waals surface area contributed by atoms with Crippen LogP contribution in [0.5, 0.6) is 5.75 Å². The first-order valence-electron chi connectivity index (χ1n) is 15.3. The second-order valence-electron chi connectivity index (χ2n) is 11.5. The van der Waals surface area contributed by atoms with E-state index in [0.717, 1.165) is 41.1 Å². The van der Waals surface area contributed by atoms with Crippen molar-refractivity contribution in [3.63, 3.8) is 0 Å². The predicted molar refractivity (Wildman–Crippen MR) is 185 cm³/mol. The van der Waals surface area contributed by atoms with Gasteiger partial charge in [0.1, 0.15) is 11.2 Å². The van der Waals surface area contributed by atoms with Crippen molar-refractivity contribution >= 4 is 43.4 Å². The van der Waals surface area contributed by atoms with Gasteiger partial charge in [-0.15, -0.1) is 0 Å². The highest BCUT2D eigenvalue weighted by Gasteiger charge is 2.26. The minimum absolute atomic E-state index is 0.210. The van der Waals surface area contributed by atoms with Crippen LogP contribution in [0.2, 0.25) is 0 Å². The van der Waals surface area contributed by atoms with E-state index in [-0.39, 0.29) is 6.42 Å². The van der Waals surface area contributed by atoms with Crippen LogP contribution in [0.4, 0.5) is 5.69 Å². The van der Waals surface area contributed by atoms with Crippen LogP contribution in [0.1, 0.15) is 46.2 Å². The van der Waals surface area contributed by atoms with E-state index in [9.17, 15) is 13.0 Å². The molecule has 8 heteroatoms. The zero-order chi connectivity index (χ0) is 32.1. The first kappa shape index (κ1) is 32.4. The highest BCUT2D eigenvalue weighted by atomic mass is 32.2. The van der Waals surface area contributed by atoms with Crippen molar-refractivity contribution in [2.24, 2.45) is 0 Å². The van der Waals surface area contributed by atoms with Crippen LogP contribution in [0.25, 0.3) is 16.3 Å². The molecule has 0 spiro atoms. The fourth-order valence-corrected chi connectivity index (χ4v) is 7.13. The normalized spacial score (nSPS) is 14.8. The molecule has 0 atom stereocenters. The highest BCUT2D eigenvalue weighted by molar-refractivity contribution is 7.85. The Balaban J connectivity index is 1.43. The van der Waals surface area contributed by atoms with E-state index in [2.05, 4.69) is 73.9 Å². The molecule has 2 heterocycles. The molecule has 5 rings (SSSR count). The van der Waals surface area contributed by atoms with Gasteiger partial charge in [0.05, 0.1) is 15.8 Å². The zero-order valence-corrected chi connectivity index (χ0v) is 28.2. The second-order valence-corrected chi connectivity index (χ2v) is 14.1. The summed E-state index contributed by atoms with van der Waals surface area (Å²) in [5.41, 5.74) is 9.31. The van der Waals surface area contributed by atoms with Crippen LogP contribution in [0, 0.1) is 27.7 Å². The third-order valence-corrected chi connectivity index (χ3v) is 10.0. The summed E-state index contributed by atoms with van der Waals surface area (Å²) in [6, 6.07) is 19.0. The summed E-state index contributed by atoms with van der Waals surface area (Å²) >= 11 is 1.81. The van der Waals surface area contributed by atoms with Gasteiger partial charge in [-0.2, -0.15) is 4.57 Å². The van der Waals surface area contributed by atoms with Crippen molar-refractivity contribution in [2.75, 3.05) is 17.2 Å². The minimum atomic E-state index is -4.29. The van der Waals surface area contributed by atoms with Crippen LogP contribution in [0.3, 0.4) is 0 Å². The molecular weight excluding hydrogens is 601 g/mol. The van der Waals surface area contributed by atoms with Crippen molar-refractivity contribution in [3.8, 4) is 5.75 Å². The van der Waals surface area contributed by atoms with Gasteiger partial charge in [-0.05, 0) is 105 Å². The Hall–Kier alpha value is -3.98. The van der Waals surface area contributed by atoms with Crippen molar-refractivity contribution in [3.05, 3.63) is 129 Å². The quantitative estimate of drug-likeness (QED) is 0.0948. The predicted octanol–water partition coefficient (Wildman–Crippen LogP) is 7.86. The largest absolute Gasteiger partial charge is 0.748 e. The van der Waals surface area contributed by atoms with Crippen LogP contribution < -0.4 is 14.2 Å². The lowest BCUT2D eigenvalue weighted by molar-refractivity contribution is -0.665. The van der Waals surface area contributed by atoms with Gasteiger partial charge in [0.25, 0.3) is 5.01 Å². The first-order chi connectivity index (χ1) is 21.5. The topological polar surface area (TPSA) is 73.5 Å². The summed E-state index contributed by atoms with van der Waals surface area (Å²) in [5.74, 6) is 0.910. The van der Waals surface area contributed by atoms with E-state index in [4.69, 9.17) is 4.74 Å². The molecule has 3 aromatic carbocycles. The zero-order valence-electron chi connectivity index (χ0n) is 26.5. The number of hydrogen-bond donors (Lipinski definition) is 0. The molecule has 1 aliphatic rings. The molecule has 0 N–H and O–H groups in total. The molecular formula is C37H40N2O4S2. The summed E-state index contributed by atoms with van der Waals surface area (Å²) in [6.45, 7) is 11.8. The number of aromatic nitrogens is 1. The van der Waals surface area contributed by atoms with Crippen molar-refractivity contribution < 1.29 is 22.3 Å². The summed E-state index contributed by atoms with van der Waals surface area (Å²) in [6.07, 6.45) is 13.4. The smallest absolute Gasteiger partial charge is 0.262 e. The van der Waals surface area contributed by atoms with Crippen molar-refractivity contribution in [1.82, 2.24) is 0 Å². The number of allylic oxidation sites excluding steroid dienone is 6. The van der Waals surface area contributed by atoms with Crippen LogP contribution >= 0.6 is 11.3 Å². The number of fused-ring (bicyclic) bond motifs is 2. The molecule has 0 radical (unpaired) electrons. The molecule has 234 valence electrons. The van der Waals surface area contributed by atoms with Gasteiger partial charge in [0.2, 0.25) is 11.4 Å². The second kappa shape index (κ2) is 14.0. The Morgan fingerprint density at radius 2 is 1.69 bits per heavy atom. The average Bonchev–Trinajstić information content (AvgIpc) is 3.49. The van der Waals surface area contributed by atoms with Gasteiger partial charge >= 0.3 is 0 Å². The highest BCUT2D eigenvalue weighted by Crippen LogP contribution is 2.41. The summed E-state index contributed by atoms with van der Waals surface area (Å²) in [7, 11) is -4.29. The van der Waals surface area contributed by atoms with Crippen LogP contribution in [0.15, 0.2) is 96.4 Å². The van der Waals surface area contributed by atoms with E-state index in [1.165, 1.54) is 31.9 Å². The summed E-state index contributed by atoms with van der Waals surface area (Å²) in [4.78, 5) is 1.95. The number of thiazole rings is 1. The fraction of sp³-hybridized carbons (Fsp3) is 0.270. The molecule has 6 nitrogen and oxygen atoms in total. The Labute approximate surface area is 271 Å². The number of anilines is 1. The van der Waals surface area contributed by atoms with E-state index in [1.807, 2.05) is 61.2 Å². The Kier molecular flexibility index (Phi) is 10.1. The SMILES string of the molecule is CC[n+]1c(C=CC=C(C=CC=C2Oc3cc(C)c(C)cc3N2CCCS(=O)(=O)[O-])Cc2ccccc2)sc2cc(C)c(C)cc21. The minimum Gasteiger partial charge on any atom is -0.748 e. The Morgan fingerprint density at radius 3 is 2.42 bits per heavy atom. The number of ether oxygens (including phenoxy) is 1. The molecule has 0 saturated heterocycles. The number of aryl methyl sites for hydroxylation is 5. The molecule has 0 unspecified atom stereocenters. The number of benzene rings is 3. The lowest BCUT2D eigenvalue weighted by Crippen LogP contribution is -2.33. The van der Waals surface area contributed by atoms with E-state index in [0.29, 0.717) is 12.4 Å². The van der Waals surface area contributed by atoms with Crippen LogP contribution in [-0.4, -0.2) is 25.3 Å². The lowest BCUT2D eigenvalue weighted by atomic mass is 10.0. The fourth-order valence-electron chi connectivity index (χ4n) is 5.42. The van der Waals surface area contributed by atoms with Gasteiger partial charge in [0.15, 0.2) is 5.75 Å². The van der Waals surface area contributed by atoms with Crippen molar-refractivity contribution in [2.45, 2.75) is 54.0 Å². The monoisotopic (exact) mass is 640 g/mol. The molecule has 1 aromatic heterocycles. The van der Waals surface area contributed by atoms with Crippen molar-refractivity contribution in [1.29, 1.82) is 0 Å². The molecule has 0 fully saturated rings. The molecule has 0 bridgehead atoms. The molecule has 1 aliphatic heterocycles. The first-order valence-corrected chi connectivity index (χ1v) is 17.6. The molecule has 4 aromatic rings. The third kappa shape index (κ3) is 8.00. The standard InChI is InChI=1S/C37H40N2O4S2/c1-6-38-33-22-27(3)29(5)24-35(33)44-37(38)18-11-16-31(25-30-13-8-7-9-14-30)15-10-17-36-39(19-12-20-45(40,41)42)32-21-26(2)28(4)23-34(32)43-36/h7-11,13-18,21-24H,6,12,19-20,25H2,1-5H3. The lowest BCUT2D eigenvalue weighted by Gasteiger charge is -2.19. The number of hydrogen-bond acceptors (Lipinski definition) is 6. The van der Waals surface area contributed by atoms with E-state index in [1.54, 1.807) is 11.3 Å². The maximum Gasteiger partial charge on any atom is 0.262 e. The van der Waals surface area contributed by atoms with Crippen LogP contribution in [-0.2, 0) is 23.1 Å². The van der Waals surface area contributed by atoms with Gasteiger partial charge in [-0.1, -0.05) is 66.0 Å². The van der Waals surface area contributed by atoms with Gasteiger partial charge in [0, 0.05) is 24.4 Å². The maximum absolute atomic E-state index is 11.3.